The van der Waals surface area contributed by atoms with E-state index in [1.54, 1.807) is 0 Å². The molecule has 0 aliphatic heterocycles. The molecule has 1 N–H and O–H groups in total. The normalized spacial score (nSPS) is 22.3. The van der Waals surface area contributed by atoms with Gasteiger partial charge in [-0.1, -0.05) is 13.8 Å². The first-order chi connectivity index (χ1) is 7.29. The summed E-state index contributed by atoms with van der Waals surface area (Å²) >= 11 is 0. The van der Waals surface area contributed by atoms with Crippen molar-refractivity contribution in [1.29, 1.82) is 0 Å². The molecule has 1 saturated carbocycles. The Balaban J connectivity index is 2.07. The molecule has 1 rings (SSSR count). The maximum Gasteiger partial charge on any atom is 0.522 e. The Bertz CT molecular complexity index is 206. The second-order valence-electron chi connectivity index (χ2n) is 5.19. The molecule has 0 aromatic rings. The van der Waals surface area contributed by atoms with Gasteiger partial charge in [0.15, 0.2) is 0 Å². The van der Waals surface area contributed by atoms with Gasteiger partial charge in [-0.25, -0.2) is 0 Å². The summed E-state index contributed by atoms with van der Waals surface area (Å²) < 4.78 is 38.7. The molecule has 96 valence electrons. The van der Waals surface area contributed by atoms with Crippen molar-refractivity contribution in [3.8, 4) is 0 Å². The van der Waals surface area contributed by atoms with E-state index < -0.39 is 6.36 Å². The minimum Gasteiger partial charge on any atom is -0.312 e. The summed E-state index contributed by atoms with van der Waals surface area (Å²) in [6.45, 7) is 4.43. The SMILES string of the molecule is CC1(C)CCC(NCCOC(F)(F)F)CC1. The summed E-state index contributed by atoms with van der Waals surface area (Å²) in [7, 11) is 0. The van der Waals surface area contributed by atoms with Crippen molar-refractivity contribution < 1.29 is 17.9 Å². The molecular weight excluding hydrogens is 219 g/mol. The number of rotatable bonds is 4. The van der Waals surface area contributed by atoms with Crippen LogP contribution in [0.2, 0.25) is 0 Å². The van der Waals surface area contributed by atoms with Crippen molar-refractivity contribution in [1.82, 2.24) is 5.32 Å². The maximum absolute atomic E-state index is 11.7. The quantitative estimate of drug-likeness (QED) is 0.761. The lowest BCUT2D eigenvalue weighted by Crippen LogP contribution is -2.37. The zero-order chi connectivity index (χ0) is 12.2. The molecule has 0 radical (unpaired) electrons. The Hall–Kier alpha value is -0.290. The molecule has 1 fully saturated rings. The van der Waals surface area contributed by atoms with Crippen LogP contribution in [0, 0.1) is 5.41 Å². The zero-order valence-corrected chi connectivity index (χ0v) is 9.86. The van der Waals surface area contributed by atoms with Crippen molar-refractivity contribution >= 4 is 0 Å². The fraction of sp³-hybridized carbons (Fsp3) is 1.00. The summed E-state index contributed by atoms with van der Waals surface area (Å²) in [6, 6.07) is 0.352. The third kappa shape index (κ3) is 5.70. The maximum atomic E-state index is 11.7. The molecule has 5 heteroatoms. The standard InChI is InChI=1S/C11H20F3NO/c1-10(2)5-3-9(4-6-10)15-7-8-16-11(12,13)14/h9,15H,3-8H2,1-2H3. The van der Waals surface area contributed by atoms with Crippen molar-refractivity contribution in [2.24, 2.45) is 5.41 Å². The van der Waals surface area contributed by atoms with E-state index in [2.05, 4.69) is 23.9 Å². The Labute approximate surface area is 94.5 Å². The van der Waals surface area contributed by atoms with Crippen LogP contribution < -0.4 is 5.32 Å². The number of ether oxygens (including phenoxy) is 1. The van der Waals surface area contributed by atoms with E-state index in [0.717, 1.165) is 25.7 Å². The number of halogens is 3. The van der Waals surface area contributed by atoms with Crippen LogP contribution in [-0.4, -0.2) is 25.6 Å². The largest absolute Gasteiger partial charge is 0.522 e. The smallest absolute Gasteiger partial charge is 0.312 e. The molecule has 0 aromatic heterocycles. The minimum atomic E-state index is -4.50. The van der Waals surface area contributed by atoms with Gasteiger partial charge in [-0.15, -0.1) is 13.2 Å². The lowest BCUT2D eigenvalue weighted by atomic mass is 9.75. The van der Waals surface area contributed by atoms with Crippen LogP contribution in [0.4, 0.5) is 13.2 Å². The Kier molecular flexibility index (Phi) is 4.62. The fourth-order valence-corrected chi connectivity index (χ4v) is 2.03. The van der Waals surface area contributed by atoms with Crippen LogP contribution in [0.25, 0.3) is 0 Å². The number of hydrogen-bond donors (Lipinski definition) is 1. The highest BCUT2D eigenvalue weighted by Gasteiger charge is 2.29. The van der Waals surface area contributed by atoms with Gasteiger partial charge in [0.05, 0.1) is 6.61 Å². The fourth-order valence-electron chi connectivity index (χ4n) is 2.03. The van der Waals surface area contributed by atoms with Gasteiger partial charge >= 0.3 is 6.36 Å². The summed E-state index contributed by atoms with van der Waals surface area (Å²) in [4.78, 5) is 0. The molecule has 0 saturated heterocycles. The Morgan fingerprint density at radius 3 is 2.31 bits per heavy atom. The Morgan fingerprint density at radius 1 is 1.25 bits per heavy atom. The predicted octanol–water partition coefficient (Wildman–Crippen LogP) is 3.08. The third-order valence-corrected chi connectivity index (χ3v) is 3.14. The van der Waals surface area contributed by atoms with Gasteiger partial charge in [0, 0.05) is 12.6 Å². The van der Waals surface area contributed by atoms with E-state index in [0.29, 0.717) is 11.5 Å². The van der Waals surface area contributed by atoms with Crippen LogP contribution >= 0.6 is 0 Å². The van der Waals surface area contributed by atoms with Crippen LogP contribution in [-0.2, 0) is 4.74 Å². The Morgan fingerprint density at radius 2 is 1.81 bits per heavy atom. The van der Waals surface area contributed by atoms with E-state index in [1.165, 1.54) is 0 Å². The second-order valence-corrected chi connectivity index (χ2v) is 5.19. The van der Waals surface area contributed by atoms with Gasteiger partial charge in [-0.2, -0.15) is 0 Å². The molecule has 16 heavy (non-hydrogen) atoms. The average Bonchev–Trinajstić information content (AvgIpc) is 2.13. The zero-order valence-electron chi connectivity index (χ0n) is 9.86. The molecule has 1 aliphatic carbocycles. The second kappa shape index (κ2) is 5.36. The first-order valence-corrected chi connectivity index (χ1v) is 5.73. The van der Waals surface area contributed by atoms with Crippen molar-refractivity contribution in [3.05, 3.63) is 0 Å². The molecule has 2 nitrogen and oxygen atoms in total. The monoisotopic (exact) mass is 239 g/mol. The molecule has 0 amide bonds. The van der Waals surface area contributed by atoms with Gasteiger partial charge in [-0.05, 0) is 31.1 Å². The lowest BCUT2D eigenvalue weighted by molar-refractivity contribution is -0.323. The van der Waals surface area contributed by atoms with Crippen LogP contribution in [0.15, 0.2) is 0 Å². The summed E-state index contributed by atoms with van der Waals surface area (Å²) in [6.07, 6.45) is -0.163. The number of hydrogen-bond acceptors (Lipinski definition) is 2. The van der Waals surface area contributed by atoms with E-state index in [-0.39, 0.29) is 13.2 Å². The van der Waals surface area contributed by atoms with Crippen molar-refractivity contribution in [2.45, 2.75) is 51.9 Å². The molecule has 1 aliphatic rings. The van der Waals surface area contributed by atoms with Gasteiger partial charge in [0.1, 0.15) is 0 Å². The summed E-state index contributed by atoms with van der Waals surface area (Å²) in [5, 5.41) is 3.11. The van der Waals surface area contributed by atoms with Crippen molar-refractivity contribution in [2.75, 3.05) is 13.2 Å². The van der Waals surface area contributed by atoms with Crippen LogP contribution in [0.3, 0.4) is 0 Å². The highest BCUT2D eigenvalue weighted by molar-refractivity contribution is 4.81. The first-order valence-electron chi connectivity index (χ1n) is 5.73. The molecule has 0 atom stereocenters. The number of nitrogens with one attached hydrogen (secondary N) is 1. The predicted molar refractivity (Wildman–Crippen MR) is 56.0 cm³/mol. The van der Waals surface area contributed by atoms with Gasteiger partial charge in [0.25, 0.3) is 0 Å². The highest BCUT2D eigenvalue weighted by Crippen LogP contribution is 2.34. The minimum absolute atomic E-state index is 0.268. The molecule has 0 heterocycles. The summed E-state index contributed by atoms with van der Waals surface area (Å²) in [5.74, 6) is 0. The molecule has 0 unspecified atom stereocenters. The first kappa shape index (κ1) is 13.8. The average molecular weight is 239 g/mol. The molecule has 0 bridgehead atoms. The van der Waals surface area contributed by atoms with E-state index in [4.69, 9.17) is 0 Å². The van der Waals surface area contributed by atoms with Gasteiger partial charge in [-0.3, -0.25) is 4.74 Å². The van der Waals surface area contributed by atoms with Crippen LogP contribution in [0.1, 0.15) is 39.5 Å². The van der Waals surface area contributed by atoms with Crippen LogP contribution in [0.5, 0.6) is 0 Å². The van der Waals surface area contributed by atoms with Gasteiger partial charge < -0.3 is 5.32 Å². The molecular formula is C11H20F3NO. The molecule has 0 aromatic carbocycles. The van der Waals surface area contributed by atoms with Gasteiger partial charge in [0.2, 0.25) is 0 Å². The molecule has 0 spiro atoms. The summed E-state index contributed by atoms with van der Waals surface area (Å²) in [5.41, 5.74) is 0.390. The van der Waals surface area contributed by atoms with E-state index >= 15 is 0 Å². The topological polar surface area (TPSA) is 21.3 Å². The van der Waals surface area contributed by atoms with E-state index in [1.807, 2.05) is 0 Å². The van der Waals surface area contributed by atoms with E-state index in [9.17, 15) is 13.2 Å². The lowest BCUT2D eigenvalue weighted by Gasteiger charge is -2.34. The van der Waals surface area contributed by atoms with Crippen molar-refractivity contribution in [3.63, 3.8) is 0 Å². The number of alkyl halides is 3. The highest BCUT2D eigenvalue weighted by atomic mass is 19.4. The third-order valence-electron chi connectivity index (χ3n) is 3.14.